The van der Waals surface area contributed by atoms with Crippen LogP contribution in [0.3, 0.4) is 0 Å². The smallest absolute Gasteiger partial charge is 0.308 e. The van der Waals surface area contributed by atoms with Crippen molar-refractivity contribution in [3.63, 3.8) is 0 Å². The maximum atomic E-state index is 11.4. The Hall–Kier alpha value is -1.71. The highest BCUT2D eigenvalue weighted by atomic mass is 16.6. The second kappa shape index (κ2) is 5.35. The summed E-state index contributed by atoms with van der Waals surface area (Å²) in [5.41, 5.74) is 1.24. The Balaban J connectivity index is 1.63. The lowest BCUT2D eigenvalue weighted by atomic mass is 9.94. The van der Waals surface area contributed by atoms with Gasteiger partial charge in [0, 0.05) is 0 Å². The minimum atomic E-state index is -0.0654. The monoisotopic (exact) mass is 276 g/mol. The predicted molar refractivity (Wildman–Crippen MR) is 74.1 cm³/mol. The summed E-state index contributed by atoms with van der Waals surface area (Å²) in [5.74, 6) is 2.58. The highest BCUT2D eigenvalue weighted by molar-refractivity contribution is 5.75. The van der Waals surface area contributed by atoms with Crippen LogP contribution in [0.1, 0.15) is 31.2 Å². The van der Waals surface area contributed by atoms with E-state index in [0.29, 0.717) is 25.0 Å². The van der Waals surface area contributed by atoms with E-state index in [2.05, 4.69) is 19.1 Å². The first kappa shape index (κ1) is 13.3. The quantitative estimate of drug-likeness (QED) is 0.793. The Morgan fingerprint density at radius 1 is 1.35 bits per heavy atom. The minimum Gasteiger partial charge on any atom is -0.486 e. The van der Waals surface area contributed by atoms with E-state index >= 15 is 0 Å². The number of carbonyl (C=O) groups is 1. The van der Waals surface area contributed by atoms with Crippen molar-refractivity contribution in [2.45, 2.75) is 25.7 Å². The number of fused-ring (bicyclic) bond motifs is 1. The van der Waals surface area contributed by atoms with Crippen LogP contribution in [0.2, 0.25) is 0 Å². The highest BCUT2D eigenvalue weighted by Crippen LogP contribution is 2.46. The summed E-state index contributed by atoms with van der Waals surface area (Å²) >= 11 is 0. The molecule has 1 heterocycles. The Kier molecular flexibility index (Phi) is 3.55. The van der Waals surface area contributed by atoms with Gasteiger partial charge in [-0.3, -0.25) is 4.79 Å². The topological polar surface area (TPSA) is 44.8 Å². The van der Waals surface area contributed by atoms with E-state index < -0.39 is 0 Å². The van der Waals surface area contributed by atoms with Crippen molar-refractivity contribution in [2.75, 3.05) is 20.3 Å². The SMILES string of the molecule is COC(=O)C1CC1CC(C)c1ccc2c(c1)OCCO2. The van der Waals surface area contributed by atoms with Gasteiger partial charge in [0.1, 0.15) is 13.2 Å². The molecule has 0 N–H and O–H groups in total. The molecule has 2 aliphatic rings. The predicted octanol–water partition coefficient (Wildman–Crippen LogP) is 2.76. The first-order valence-corrected chi connectivity index (χ1v) is 7.16. The number of hydrogen-bond acceptors (Lipinski definition) is 4. The fraction of sp³-hybridized carbons (Fsp3) is 0.562. The number of benzene rings is 1. The molecule has 0 amide bonds. The minimum absolute atomic E-state index is 0.0654. The Labute approximate surface area is 119 Å². The average Bonchev–Trinajstić information content (AvgIpc) is 3.25. The second-order valence-corrected chi connectivity index (χ2v) is 5.67. The second-order valence-electron chi connectivity index (χ2n) is 5.67. The van der Waals surface area contributed by atoms with Gasteiger partial charge in [0.2, 0.25) is 0 Å². The molecule has 3 rings (SSSR count). The molecule has 0 saturated heterocycles. The molecule has 3 atom stereocenters. The lowest BCUT2D eigenvalue weighted by Crippen LogP contribution is -2.15. The van der Waals surface area contributed by atoms with Gasteiger partial charge in [-0.25, -0.2) is 0 Å². The summed E-state index contributed by atoms with van der Waals surface area (Å²) < 4.78 is 15.9. The summed E-state index contributed by atoms with van der Waals surface area (Å²) in [4.78, 5) is 11.4. The van der Waals surface area contributed by atoms with Crippen LogP contribution in [0.25, 0.3) is 0 Å². The third-order valence-corrected chi connectivity index (χ3v) is 4.22. The van der Waals surface area contributed by atoms with E-state index in [9.17, 15) is 4.79 Å². The molecule has 1 aliphatic carbocycles. The molecule has 3 unspecified atom stereocenters. The fourth-order valence-corrected chi connectivity index (χ4v) is 2.90. The molecule has 1 aromatic rings. The molecule has 4 heteroatoms. The van der Waals surface area contributed by atoms with Crippen molar-refractivity contribution < 1.29 is 19.0 Å². The average molecular weight is 276 g/mol. The summed E-state index contributed by atoms with van der Waals surface area (Å²) in [6.45, 7) is 3.42. The molecule has 108 valence electrons. The number of methoxy groups -OCH3 is 1. The van der Waals surface area contributed by atoms with Crippen LogP contribution in [0.5, 0.6) is 11.5 Å². The first-order chi connectivity index (χ1) is 9.69. The van der Waals surface area contributed by atoms with Gasteiger partial charge in [-0.2, -0.15) is 0 Å². The molecular weight excluding hydrogens is 256 g/mol. The van der Waals surface area contributed by atoms with E-state index in [1.807, 2.05) is 6.07 Å². The van der Waals surface area contributed by atoms with Crippen LogP contribution in [-0.4, -0.2) is 26.3 Å². The van der Waals surface area contributed by atoms with Crippen LogP contribution < -0.4 is 9.47 Å². The van der Waals surface area contributed by atoms with Gasteiger partial charge in [-0.05, 0) is 42.4 Å². The first-order valence-electron chi connectivity index (χ1n) is 7.16. The number of hydrogen-bond donors (Lipinski definition) is 0. The highest BCUT2D eigenvalue weighted by Gasteiger charge is 2.44. The molecule has 1 saturated carbocycles. The molecule has 20 heavy (non-hydrogen) atoms. The van der Waals surface area contributed by atoms with Gasteiger partial charge < -0.3 is 14.2 Å². The number of rotatable bonds is 4. The maximum absolute atomic E-state index is 11.4. The number of esters is 1. The third kappa shape index (κ3) is 2.60. The van der Waals surface area contributed by atoms with E-state index in [-0.39, 0.29) is 11.9 Å². The molecule has 0 spiro atoms. The molecule has 0 radical (unpaired) electrons. The molecule has 1 aliphatic heterocycles. The molecule has 4 nitrogen and oxygen atoms in total. The lowest BCUT2D eigenvalue weighted by molar-refractivity contribution is -0.142. The van der Waals surface area contributed by atoms with E-state index in [4.69, 9.17) is 14.2 Å². The van der Waals surface area contributed by atoms with Gasteiger partial charge >= 0.3 is 5.97 Å². The zero-order valence-electron chi connectivity index (χ0n) is 11.9. The fourth-order valence-electron chi connectivity index (χ4n) is 2.90. The number of ether oxygens (including phenoxy) is 3. The van der Waals surface area contributed by atoms with E-state index in [1.54, 1.807) is 0 Å². The summed E-state index contributed by atoms with van der Waals surface area (Å²) in [7, 11) is 1.46. The summed E-state index contributed by atoms with van der Waals surface area (Å²) in [5, 5.41) is 0. The molecule has 0 bridgehead atoms. The van der Waals surface area contributed by atoms with Gasteiger partial charge in [0.05, 0.1) is 13.0 Å². The molecule has 0 aromatic heterocycles. The van der Waals surface area contributed by atoms with Gasteiger partial charge in [0.15, 0.2) is 11.5 Å². The van der Waals surface area contributed by atoms with Crippen LogP contribution in [-0.2, 0) is 9.53 Å². The van der Waals surface area contributed by atoms with Crippen LogP contribution >= 0.6 is 0 Å². The van der Waals surface area contributed by atoms with Crippen molar-refractivity contribution in [2.24, 2.45) is 11.8 Å². The summed E-state index contributed by atoms with van der Waals surface area (Å²) in [6.07, 6.45) is 1.97. The van der Waals surface area contributed by atoms with Gasteiger partial charge in [-0.1, -0.05) is 13.0 Å². The lowest BCUT2D eigenvalue weighted by Gasteiger charge is -2.20. The maximum Gasteiger partial charge on any atom is 0.308 e. The molecular formula is C16H20O4. The summed E-state index contributed by atoms with van der Waals surface area (Å²) in [6, 6.07) is 6.13. The van der Waals surface area contributed by atoms with Crippen LogP contribution in [0.4, 0.5) is 0 Å². The van der Waals surface area contributed by atoms with Crippen molar-refractivity contribution in [3.05, 3.63) is 23.8 Å². The van der Waals surface area contributed by atoms with Gasteiger partial charge in [0.25, 0.3) is 0 Å². The van der Waals surface area contributed by atoms with Crippen molar-refractivity contribution in [1.82, 2.24) is 0 Å². The van der Waals surface area contributed by atoms with Crippen molar-refractivity contribution >= 4 is 5.97 Å². The molecule has 1 fully saturated rings. The van der Waals surface area contributed by atoms with Crippen molar-refractivity contribution in [1.29, 1.82) is 0 Å². The number of carbonyl (C=O) groups excluding carboxylic acids is 1. The van der Waals surface area contributed by atoms with Crippen LogP contribution in [0.15, 0.2) is 18.2 Å². The Bertz CT molecular complexity index is 511. The zero-order chi connectivity index (χ0) is 14.1. The Morgan fingerprint density at radius 2 is 2.10 bits per heavy atom. The Morgan fingerprint density at radius 3 is 2.85 bits per heavy atom. The standard InChI is InChI=1S/C16H20O4/c1-10(7-12-8-13(12)16(17)18-2)11-3-4-14-15(9-11)20-6-5-19-14/h3-4,9-10,12-13H,5-8H2,1-2H3. The largest absolute Gasteiger partial charge is 0.486 e. The third-order valence-electron chi connectivity index (χ3n) is 4.22. The van der Waals surface area contributed by atoms with Crippen molar-refractivity contribution in [3.8, 4) is 11.5 Å². The van der Waals surface area contributed by atoms with E-state index in [0.717, 1.165) is 24.3 Å². The molecule has 1 aromatic carbocycles. The van der Waals surface area contributed by atoms with E-state index in [1.165, 1.54) is 12.7 Å². The normalized spacial score (nSPS) is 24.9. The van der Waals surface area contributed by atoms with Gasteiger partial charge in [-0.15, -0.1) is 0 Å². The van der Waals surface area contributed by atoms with Crippen LogP contribution in [0, 0.1) is 11.8 Å². The zero-order valence-corrected chi connectivity index (χ0v) is 11.9.